The average molecular weight is 459 g/mol. The Morgan fingerprint density at radius 3 is 2.52 bits per heavy atom. The number of hydrogen-bond acceptors (Lipinski definition) is 4. The van der Waals surface area contributed by atoms with Crippen molar-refractivity contribution < 1.29 is 17.9 Å². The zero-order chi connectivity index (χ0) is 22.4. The van der Waals surface area contributed by atoms with Gasteiger partial charge in [-0.15, -0.1) is 0 Å². The van der Waals surface area contributed by atoms with Crippen LogP contribution in [0, 0.1) is 0 Å². The zero-order valence-electron chi connectivity index (χ0n) is 17.2. The molecule has 8 heteroatoms. The fourth-order valence-electron chi connectivity index (χ4n) is 2.87. The molecule has 0 saturated carbocycles. The second-order valence-electron chi connectivity index (χ2n) is 6.78. The summed E-state index contributed by atoms with van der Waals surface area (Å²) >= 11 is 5.99. The van der Waals surface area contributed by atoms with Crippen LogP contribution in [0.3, 0.4) is 0 Å². The molecule has 0 atom stereocenters. The minimum atomic E-state index is -3.89. The van der Waals surface area contributed by atoms with Crippen molar-refractivity contribution >= 4 is 38.9 Å². The molecule has 1 amide bonds. The Hall–Kier alpha value is -3.03. The Kier molecular flexibility index (Phi) is 7.20. The van der Waals surface area contributed by atoms with Crippen LogP contribution in [0.15, 0.2) is 77.7 Å². The average Bonchev–Trinajstić information content (AvgIpc) is 2.78. The summed E-state index contributed by atoms with van der Waals surface area (Å²) in [5.74, 6) is 0.122. The van der Waals surface area contributed by atoms with E-state index in [-0.39, 0.29) is 10.5 Å². The molecule has 0 spiro atoms. The number of sulfonamides is 1. The first-order valence-corrected chi connectivity index (χ1v) is 11.5. The van der Waals surface area contributed by atoms with E-state index in [2.05, 4.69) is 5.32 Å². The number of hydrogen-bond donors (Lipinski definition) is 1. The maximum absolute atomic E-state index is 13.1. The van der Waals surface area contributed by atoms with Crippen molar-refractivity contribution in [2.24, 2.45) is 0 Å². The summed E-state index contributed by atoms with van der Waals surface area (Å²) in [6, 6.07) is 19.5. The number of benzene rings is 3. The summed E-state index contributed by atoms with van der Waals surface area (Å²) in [5, 5.41) is 3.22. The van der Waals surface area contributed by atoms with Gasteiger partial charge in [0.1, 0.15) is 5.75 Å². The summed E-state index contributed by atoms with van der Waals surface area (Å²) in [4.78, 5) is 12.8. The molecule has 3 aromatic rings. The van der Waals surface area contributed by atoms with E-state index < -0.39 is 15.9 Å². The number of nitrogens with zero attached hydrogens (tertiary/aromatic N) is 1. The van der Waals surface area contributed by atoms with Crippen LogP contribution in [0.5, 0.6) is 5.75 Å². The van der Waals surface area contributed by atoms with Gasteiger partial charge in [0.05, 0.1) is 22.9 Å². The van der Waals surface area contributed by atoms with Crippen molar-refractivity contribution in [2.45, 2.75) is 18.2 Å². The van der Waals surface area contributed by atoms with E-state index in [9.17, 15) is 13.2 Å². The Balaban J connectivity index is 1.85. The van der Waals surface area contributed by atoms with Crippen LogP contribution in [0.1, 0.15) is 23.7 Å². The molecule has 0 fully saturated rings. The molecular formula is C23H23ClN2O4S. The molecule has 0 saturated heterocycles. The van der Waals surface area contributed by atoms with Crippen molar-refractivity contribution in [3.63, 3.8) is 0 Å². The predicted octanol–water partition coefficient (Wildman–Crippen LogP) is 5.21. The molecule has 0 radical (unpaired) electrons. The lowest BCUT2D eigenvalue weighted by atomic mass is 10.2. The normalized spacial score (nSPS) is 11.1. The molecule has 0 bridgehead atoms. The molecule has 0 unspecified atom stereocenters. The highest BCUT2D eigenvalue weighted by atomic mass is 35.5. The van der Waals surface area contributed by atoms with Crippen LogP contribution in [0.25, 0.3) is 0 Å². The smallest absolute Gasteiger partial charge is 0.264 e. The minimum absolute atomic E-state index is 0.00172. The van der Waals surface area contributed by atoms with Gasteiger partial charge in [-0.2, -0.15) is 0 Å². The number of nitrogens with one attached hydrogen (secondary N) is 1. The molecule has 6 nitrogen and oxygen atoms in total. The first-order chi connectivity index (χ1) is 14.8. The summed E-state index contributed by atoms with van der Waals surface area (Å²) < 4.78 is 33.0. The third-order valence-corrected chi connectivity index (χ3v) is 6.54. The molecule has 0 aliphatic heterocycles. The molecule has 0 aliphatic rings. The monoisotopic (exact) mass is 458 g/mol. The molecule has 162 valence electrons. The van der Waals surface area contributed by atoms with E-state index in [0.717, 1.165) is 10.7 Å². The van der Waals surface area contributed by atoms with Crippen LogP contribution in [0.4, 0.5) is 11.4 Å². The van der Waals surface area contributed by atoms with Crippen molar-refractivity contribution in [3.05, 3.63) is 83.4 Å². The third kappa shape index (κ3) is 5.37. The third-order valence-electron chi connectivity index (χ3n) is 4.52. The van der Waals surface area contributed by atoms with E-state index >= 15 is 0 Å². The Morgan fingerprint density at radius 1 is 1.03 bits per heavy atom. The fraction of sp³-hybridized carbons (Fsp3) is 0.174. The van der Waals surface area contributed by atoms with E-state index in [1.54, 1.807) is 48.5 Å². The quantitative estimate of drug-likeness (QED) is 0.503. The van der Waals surface area contributed by atoms with Crippen LogP contribution < -0.4 is 14.4 Å². The van der Waals surface area contributed by atoms with Crippen molar-refractivity contribution in [1.29, 1.82) is 0 Å². The van der Waals surface area contributed by atoms with E-state index in [1.807, 2.05) is 13.0 Å². The number of anilines is 2. The van der Waals surface area contributed by atoms with E-state index in [0.29, 0.717) is 28.8 Å². The van der Waals surface area contributed by atoms with Gasteiger partial charge >= 0.3 is 0 Å². The molecule has 3 rings (SSSR count). The lowest BCUT2D eigenvalue weighted by Gasteiger charge is -2.20. The number of rotatable bonds is 8. The predicted molar refractivity (Wildman–Crippen MR) is 124 cm³/mol. The Morgan fingerprint density at radius 2 is 1.77 bits per heavy atom. The van der Waals surface area contributed by atoms with Gasteiger partial charge in [0, 0.05) is 17.6 Å². The number of halogens is 1. The second kappa shape index (κ2) is 9.85. The van der Waals surface area contributed by atoms with Crippen molar-refractivity contribution in [1.82, 2.24) is 0 Å². The van der Waals surface area contributed by atoms with Gasteiger partial charge in [-0.05, 0) is 55.0 Å². The van der Waals surface area contributed by atoms with Crippen LogP contribution in [-0.2, 0) is 10.0 Å². The van der Waals surface area contributed by atoms with Gasteiger partial charge < -0.3 is 10.1 Å². The Labute approximate surface area is 187 Å². The number of carbonyl (C=O) groups excluding carboxylic acids is 1. The van der Waals surface area contributed by atoms with Gasteiger partial charge in [-0.25, -0.2) is 8.42 Å². The van der Waals surface area contributed by atoms with Gasteiger partial charge in [0.15, 0.2) is 0 Å². The fourth-order valence-corrected chi connectivity index (χ4v) is 4.29. The van der Waals surface area contributed by atoms with Gasteiger partial charge in [0.2, 0.25) is 0 Å². The molecule has 0 heterocycles. The highest BCUT2D eigenvalue weighted by molar-refractivity contribution is 7.92. The van der Waals surface area contributed by atoms with Crippen molar-refractivity contribution in [2.75, 3.05) is 23.3 Å². The largest absolute Gasteiger partial charge is 0.491 e. The molecule has 0 aromatic heterocycles. The van der Waals surface area contributed by atoms with Crippen LogP contribution in [0.2, 0.25) is 5.02 Å². The standard InChI is InChI=1S/C23H23ClN2O4S/c1-3-14-30-22-13-5-4-12-21(22)25-23(27)17-8-6-11-20(15-17)31(28,29)26(2)19-10-7-9-18(24)16-19/h4-13,15-16H,3,14H2,1-2H3,(H,25,27). The lowest BCUT2D eigenvalue weighted by molar-refractivity contribution is 0.102. The van der Waals surface area contributed by atoms with Gasteiger partial charge in [-0.3, -0.25) is 9.10 Å². The number of amides is 1. The van der Waals surface area contributed by atoms with Gasteiger partial charge in [0.25, 0.3) is 15.9 Å². The first kappa shape index (κ1) is 22.7. The van der Waals surface area contributed by atoms with Crippen molar-refractivity contribution in [3.8, 4) is 5.75 Å². The maximum Gasteiger partial charge on any atom is 0.264 e. The molecule has 0 aliphatic carbocycles. The highest BCUT2D eigenvalue weighted by Crippen LogP contribution is 2.27. The first-order valence-electron chi connectivity index (χ1n) is 9.70. The van der Waals surface area contributed by atoms with Crippen LogP contribution >= 0.6 is 11.6 Å². The van der Waals surface area contributed by atoms with E-state index in [4.69, 9.17) is 16.3 Å². The molecular weight excluding hydrogens is 436 g/mol. The van der Waals surface area contributed by atoms with Gasteiger partial charge in [-0.1, -0.05) is 42.8 Å². The summed E-state index contributed by atoms with van der Waals surface area (Å²) in [6.07, 6.45) is 0.836. The lowest BCUT2D eigenvalue weighted by Crippen LogP contribution is -2.26. The molecule has 1 N–H and O–H groups in total. The van der Waals surface area contributed by atoms with E-state index in [1.165, 1.54) is 25.2 Å². The highest BCUT2D eigenvalue weighted by Gasteiger charge is 2.23. The molecule has 31 heavy (non-hydrogen) atoms. The minimum Gasteiger partial charge on any atom is -0.491 e. The molecule has 3 aromatic carbocycles. The summed E-state index contributed by atoms with van der Waals surface area (Å²) in [7, 11) is -2.45. The Bertz CT molecular complexity index is 1180. The van der Waals surface area contributed by atoms with Crippen LogP contribution in [-0.4, -0.2) is 28.0 Å². The zero-order valence-corrected chi connectivity index (χ0v) is 18.8. The SMILES string of the molecule is CCCOc1ccccc1NC(=O)c1cccc(S(=O)(=O)N(C)c2cccc(Cl)c2)c1. The topological polar surface area (TPSA) is 75.7 Å². The summed E-state index contributed by atoms with van der Waals surface area (Å²) in [5.41, 5.74) is 1.15. The maximum atomic E-state index is 13.1. The number of para-hydroxylation sites is 2. The summed E-state index contributed by atoms with van der Waals surface area (Å²) in [6.45, 7) is 2.52. The second-order valence-corrected chi connectivity index (χ2v) is 9.18. The number of carbonyl (C=O) groups is 1. The number of ether oxygens (including phenoxy) is 1.